The van der Waals surface area contributed by atoms with E-state index in [1.54, 1.807) is 0 Å². The van der Waals surface area contributed by atoms with Gasteiger partial charge >= 0.3 is 0 Å². The van der Waals surface area contributed by atoms with Crippen molar-refractivity contribution < 1.29 is 0 Å². The fourth-order valence-corrected chi connectivity index (χ4v) is 0.0861. The molecule has 0 unspecified atom stereocenters. The summed E-state index contributed by atoms with van der Waals surface area (Å²) in [6.07, 6.45) is -0.581. The third-order valence-corrected chi connectivity index (χ3v) is 0.285. The molecule has 4 nitrogen and oxygen atoms in total. The lowest BCUT2D eigenvalue weighted by atomic mass is 10.6. The van der Waals surface area contributed by atoms with Gasteiger partial charge in [0.25, 0.3) is 0 Å². The van der Waals surface area contributed by atoms with Crippen molar-refractivity contribution in [2.24, 2.45) is 16.6 Å². The van der Waals surface area contributed by atoms with Crippen LogP contribution in [-0.4, -0.2) is 12.7 Å². The van der Waals surface area contributed by atoms with Crippen LogP contribution in [0.15, 0.2) is 5.18 Å². The van der Waals surface area contributed by atoms with Crippen molar-refractivity contribution in [3.8, 4) is 0 Å². The summed E-state index contributed by atoms with van der Waals surface area (Å²) in [7, 11) is 0. The van der Waals surface area contributed by atoms with Crippen LogP contribution in [0.25, 0.3) is 0 Å². The van der Waals surface area contributed by atoms with Gasteiger partial charge < -0.3 is 11.5 Å². The standard InChI is InChI=1S/C2H7N3O/c3-2(4)1-5-6/h2H,1,3-4H2. The number of nitroso groups, excluding NO2 is 1. The summed E-state index contributed by atoms with van der Waals surface area (Å²) in [5.74, 6) is 0. The Morgan fingerprint density at radius 3 is 2.17 bits per heavy atom. The van der Waals surface area contributed by atoms with E-state index in [1.165, 1.54) is 0 Å². The molecule has 0 saturated carbocycles. The Morgan fingerprint density at radius 1 is 1.67 bits per heavy atom. The SMILES string of the molecule is NC(N)CN=O. The molecule has 0 aliphatic heterocycles. The van der Waals surface area contributed by atoms with Crippen LogP contribution in [-0.2, 0) is 0 Å². The van der Waals surface area contributed by atoms with Gasteiger partial charge in [-0.3, -0.25) is 0 Å². The maximum absolute atomic E-state index is 9.21. The van der Waals surface area contributed by atoms with E-state index in [-0.39, 0.29) is 6.54 Å². The van der Waals surface area contributed by atoms with Gasteiger partial charge in [-0.25, -0.2) is 0 Å². The third kappa shape index (κ3) is 3.52. The first kappa shape index (κ1) is 5.52. The molecule has 0 aromatic heterocycles. The molecule has 0 aromatic carbocycles. The molecule has 36 valence electrons. The smallest absolute Gasteiger partial charge is 0.109 e. The second-order valence-corrected chi connectivity index (χ2v) is 0.976. The highest BCUT2D eigenvalue weighted by Gasteiger charge is 1.86. The normalized spacial score (nSPS) is 9.17. The molecule has 0 atom stereocenters. The van der Waals surface area contributed by atoms with Gasteiger partial charge in [0, 0.05) is 0 Å². The largest absolute Gasteiger partial charge is 0.314 e. The van der Waals surface area contributed by atoms with Crippen LogP contribution in [0.1, 0.15) is 0 Å². The molecule has 0 saturated heterocycles. The lowest BCUT2D eigenvalue weighted by Gasteiger charge is -1.91. The average molecular weight is 89.1 g/mol. The van der Waals surface area contributed by atoms with Gasteiger partial charge in [-0.15, -0.1) is 0 Å². The van der Waals surface area contributed by atoms with E-state index in [2.05, 4.69) is 5.18 Å². The molecule has 0 heterocycles. The van der Waals surface area contributed by atoms with Crippen molar-refractivity contribution in [1.82, 2.24) is 0 Å². The molecule has 0 spiro atoms. The molecule has 0 aliphatic carbocycles. The molecule has 0 rings (SSSR count). The summed E-state index contributed by atoms with van der Waals surface area (Å²) in [5, 5.41) is 2.44. The van der Waals surface area contributed by atoms with Gasteiger partial charge in [0.1, 0.15) is 6.54 Å². The maximum atomic E-state index is 9.21. The van der Waals surface area contributed by atoms with Gasteiger partial charge in [-0.05, 0) is 0 Å². The molecular weight excluding hydrogens is 82.0 g/mol. The summed E-state index contributed by atoms with van der Waals surface area (Å²) in [4.78, 5) is 9.21. The predicted octanol–water partition coefficient (Wildman–Crippen LogP) is -1.00. The Hall–Kier alpha value is -0.480. The second-order valence-electron chi connectivity index (χ2n) is 0.976. The minimum Gasteiger partial charge on any atom is -0.314 e. The van der Waals surface area contributed by atoms with Crippen molar-refractivity contribution >= 4 is 0 Å². The third-order valence-electron chi connectivity index (χ3n) is 0.285. The van der Waals surface area contributed by atoms with Crippen LogP contribution in [0.4, 0.5) is 0 Å². The van der Waals surface area contributed by atoms with E-state index in [4.69, 9.17) is 11.5 Å². The van der Waals surface area contributed by atoms with Gasteiger partial charge in [0.15, 0.2) is 0 Å². The zero-order chi connectivity index (χ0) is 4.99. The highest BCUT2D eigenvalue weighted by Crippen LogP contribution is 1.62. The van der Waals surface area contributed by atoms with Gasteiger partial charge in [-0.1, -0.05) is 5.18 Å². The van der Waals surface area contributed by atoms with Crippen LogP contribution >= 0.6 is 0 Å². The van der Waals surface area contributed by atoms with Crippen LogP contribution in [0.5, 0.6) is 0 Å². The number of nitrogens with two attached hydrogens (primary N) is 2. The van der Waals surface area contributed by atoms with Gasteiger partial charge in [0.05, 0.1) is 6.17 Å². The van der Waals surface area contributed by atoms with Crippen LogP contribution in [0.3, 0.4) is 0 Å². The summed E-state index contributed by atoms with van der Waals surface area (Å²) < 4.78 is 0. The van der Waals surface area contributed by atoms with E-state index in [1.807, 2.05) is 0 Å². The van der Waals surface area contributed by atoms with E-state index in [0.29, 0.717) is 0 Å². The molecule has 6 heavy (non-hydrogen) atoms. The van der Waals surface area contributed by atoms with Crippen LogP contribution in [0.2, 0.25) is 0 Å². The molecule has 0 bridgehead atoms. The first-order valence-corrected chi connectivity index (χ1v) is 1.57. The molecule has 0 aromatic rings. The highest BCUT2D eigenvalue weighted by atomic mass is 16.3. The van der Waals surface area contributed by atoms with E-state index in [0.717, 1.165) is 0 Å². The molecule has 0 fully saturated rings. The van der Waals surface area contributed by atoms with E-state index < -0.39 is 6.17 Å². The average Bonchev–Trinajstić information content (AvgIpc) is 1.35. The summed E-state index contributed by atoms with van der Waals surface area (Å²) >= 11 is 0. The summed E-state index contributed by atoms with van der Waals surface area (Å²) in [6.45, 7) is 0. The highest BCUT2D eigenvalue weighted by molar-refractivity contribution is 4.50. The number of hydrogen-bond acceptors (Lipinski definition) is 4. The maximum Gasteiger partial charge on any atom is 0.109 e. The molecule has 4 N–H and O–H groups in total. The number of rotatable bonds is 2. The quantitative estimate of drug-likeness (QED) is 0.336. The summed E-state index contributed by atoms with van der Waals surface area (Å²) in [5.41, 5.74) is 9.77. The molecule has 0 amide bonds. The topological polar surface area (TPSA) is 81.5 Å². The zero-order valence-corrected chi connectivity index (χ0v) is 3.29. The van der Waals surface area contributed by atoms with E-state index in [9.17, 15) is 4.91 Å². The Kier molecular flexibility index (Phi) is 2.52. The first-order valence-electron chi connectivity index (χ1n) is 1.57. The zero-order valence-electron chi connectivity index (χ0n) is 3.29. The van der Waals surface area contributed by atoms with Crippen molar-refractivity contribution in [2.45, 2.75) is 6.17 Å². The Morgan fingerprint density at radius 2 is 2.17 bits per heavy atom. The van der Waals surface area contributed by atoms with E-state index >= 15 is 0 Å². The monoisotopic (exact) mass is 89.1 g/mol. The lowest BCUT2D eigenvalue weighted by Crippen LogP contribution is -2.33. The van der Waals surface area contributed by atoms with Crippen molar-refractivity contribution in [3.05, 3.63) is 4.91 Å². The predicted molar refractivity (Wildman–Crippen MR) is 22.8 cm³/mol. The van der Waals surface area contributed by atoms with Gasteiger partial charge in [0.2, 0.25) is 0 Å². The Labute approximate surface area is 35.5 Å². The van der Waals surface area contributed by atoms with Crippen molar-refractivity contribution in [1.29, 1.82) is 0 Å². The van der Waals surface area contributed by atoms with Crippen molar-refractivity contribution in [3.63, 3.8) is 0 Å². The molecular formula is C2H7N3O. The Bertz CT molecular complexity index is 44.1. The fraction of sp³-hybridized carbons (Fsp3) is 1.00. The second kappa shape index (κ2) is 2.74. The van der Waals surface area contributed by atoms with Crippen LogP contribution < -0.4 is 11.5 Å². The molecule has 0 aliphatic rings. The number of nitrogens with zero attached hydrogens (tertiary/aromatic N) is 1. The molecule has 0 radical (unpaired) electrons. The minimum absolute atomic E-state index is 0. The van der Waals surface area contributed by atoms with Crippen molar-refractivity contribution in [2.75, 3.05) is 6.54 Å². The van der Waals surface area contributed by atoms with Gasteiger partial charge in [-0.2, -0.15) is 4.91 Å². The summed E-state index contributed by atoms with van der Waals surface area (Å²) in [6, 6.07) is 0. The number of hydrogen-bond donors (Lipinski definition) is 2. The first-order chi connectivity index (χ1) is 2.77. The fourth-order valence-electron chi connectivity index (χ4n) is 0.0861. The minimum atomic E-state index is -0.581. The molecule has 4 heteroatoms. The Balaban J connectivity index is 2.81. The lowest BCUT2D eigenvalue weighted by molar-refractivity contribution is 0.716. The van der Waals surface area contributed by atoms with Crippen LogP contribution in [0, 0.1) is 4.91 Å².